The number of hydrogen-bond donors (Lipinski definition) is 1. The van der Waals surface area contributed by atoms with Crippen molar-refractivity contribution in [3.05, 3.63) is 106 Å². The first-order chi connectivity index (χ1) is 15.4. The summed E-state index contributed by atoms with van der Waals surface area (Å²) in [5, 5.41) is 22.0. The van der Waals surface area contributed by atoms with Gasteiger partial charge in [0.25, 0.3) is 17.4 Å². The van der Waals surface area contributed by atoms with Crippen LogP contribution in [-0.2, 0) is 9.59 Å². The van der Waals surface area contributed by atoms with Crippen LogP contribution in [0.2, 0.25) is 0 Å². The van der Waals surface area contributed by atoms with Crippen molar-refractivity contribution in [1.29, 1.82) is 0 Å². The molecule has 1 saturated heterocycles. The van der Waals surface area contributed by atoms with E-state index in [0.717, 1.165) is 0 Å². The predicted molar refractivity (Wildman–Crippen MR) is 117 cm³/mol. The molecule has 1 aliphatic rings. The van der Waals surface area contributed by atoms with Gasteiger partial charge in [-0.05, 0) is 42.0 Å². The average molecular weight is 430 g/mol. The Bertz CT molecular complexity index is 1220. The first kappa shape index (κ1) is 20.8. The van der Waals surface area contributed by atoms with Gasteiger partial charge in [0.15, 0.2) is 0 Å². The Hall–Kier alpha value is -4.46. The van der Waals surface area contributed by atoms with Crippen molar-refractivity contribution in [3.8, 4) is 5.75 Å². The summed E-state index contributed by atoms with van der Waals surface area (Å²) in [6.45, 7) is 0. The zero-order valence-corrected chi connectivity index (χ0v) is 17.0. The number of carbonyl (C=O) groups is 2. The molecule has 8 nitrogen and oxygen atoms in total. The normalized spacial score (nSPS) is 17.4. The molecule has 0 bridgehead atoms. The van der Waals surface area contributed by atoms with Crippen LogP contribution in [0.3, 0.4) is 0 Å². The lowest BCUT2D eigenvalue weighted by Gasteiger charge is -2.25. The highest BCUT2D eigenvalue weighted by molar-refractivity contribution is 6.51. The first-order valence-corrected chi connectivity index (χ1v) is 9.67. The van der Waals surface area contributed by atoms with E-state index in [9.17, 15) is 24.8 Å². The number of rotatable bonds is 5. The van der Waals surface area contributed by atoms with Crippen LogP contribution in [0.5, 0.6) is 5.75 Å². The van der Waals surface area contributed by atoms with Crippen LogP contribution < -0.4 is 9.64 Å². The number of carbonyl (C=O) groups excluding carboxylic acids is 2. The summed E-state index contributed by atoms with van der Waals surface area (Å²) in [6.07, 6.45) is 0. The zero-order chi connectivity index (χ0) is 22.8. The molecule has 3 aromatic carbocycles. The van der Waals surface area contributed by atoms with Crippen LogP contribution in [0, 0.1) is 10.1 Å². The molecule has 4 rings (SSSR count). The molecule has 160 valence electrons. The van der Waals surface area contributed by atoms with Crippen LogP contribution in [0.15, 0.2) is 84.4 Å². The average Bonchev–Trinajstić information content (AvgIpc) is 3.09. The minimum atomic E-state index is -0.968. The molecule has 8 heteroatoms. The second-order valence-electron chi connectivity index (χ2n) is 7.08. The number of methoxy groups -OCH3 is 1. The Labute approximate surface area is 183 Å². The van der Waals surface area contributed by atoms with Gasteiger partial charge in [0.1, 0.15) is 11.5 Å². The van der Waals surface area contributed by atoms with Gasteiger partial charge in [0, 0.05) is 23.4 Å². The van der Waals surface area contributed by atoms with Gasteiger partial charge in [-0.2, -0.15) is 0 Å². The Kier molecular flexibility index (Phi) is 5.43. The van der Waals surface area contributed by atoms with Gasteiger partial charge < -0.3 is 9.84 Å². The minimum absolute atomic E-state index is 0.0918. The molecule has 1 aliphatic heterocycles. The molecule has 0 radical (unpaired) electrons. The third-order valence-electron chi connectivity index (χ3n) is 5.26. The fourth-order valence-corrected chi connectivity index (χ4v) is 3.69. The van der Waals surface area contributed by atoms with Crippen molar-refractivity contribution >= 4 is 28.8 Å². The number of ketones is 1. The molecule has 3 aromatic rings. The van der Waals surface area contributed by atoms with Gasteiger partial charge in [-0.3, -0.25) is 24.6 Å². The number of non-ortho nitro benzene ring substituents is 1. The van der Waals surface area contributed by atoms with E-state index < -0.39 is 22.7 Å². The van der Waals surface area contributed by atoms with E-state index in [0.29, 0.717) is 22.6 Å². The summed E-state index contributed by atoms with van der Waals surface area (Å²) in [6, 6.07) is 19.6. The zero-order valence-electron chi connectivity index (χ0n) is 17.0. The van der Waals surface area contributed by atoms with E-state index in [2.05, 4.69) is 0 Å². The lowest BCUT2D eigenvalue weighted by atomic mass is 9.95. The number of benzene rings is 3. The number of nitro groups is 1. The number of nitrogens with zero attached hydrogens (tertiary/aromatic N) is 2. The van der Waals surface area contributed by atoms with E-state index in [1.54, 1.807) is 54.6 Å². The molecule has 0 aliphatic carbocycles. The van der Waals surface area contributed by atoms with E-state index >= 15 is 0 Å². The van der Waals surface area contributed by atoms with Crippen LogP contribution in [0.1, 0.15) is 17.2 Å². The lowest BCUT2D eigenvalue weighted by molar-refractivity contribution is -0.384. The number of hydrogen-bond acceptors (Lipinski definition) is 6. The van der Waals surface area contributed by atoms with E-state index in [-0.39, 0.29) is 17.0 Å². The summed E-state index contributed by atoms with van der Waals surface area (Å²) < 4.78 is 5.16. The van der Waals surface area contributed by atoms with Crippen LogP contribution in [0.4, 0.5) is 11.4 Å². The maximum Gasteiger partial charge on any atom is 0.300 e. The maximum absolute atomic E-state index is 13.1. The third-order valence-corrected chi connectivity index (χ3v) is 5.26. The fourth-order valence-electron chi connectivity index (χ4n) is 3.69. The van der Waals surface area contributed by atoms with Crippen LogP contribution in [0.25, 0.3) is 5.76 Å². The quantitative estimate of drug-likeness (QED) is 0.213. The summed E-state index contributed by atoms with van der Waals surface area (Å²) in [7, 11) is 1.51. The number of nitro benzene ring substituents is 1. The van der Waals surface area contributed by atoms with Gasteiger partial charge in [-0.25, -0.2) is 0 Å². The SMILES string of the molecule is COc1ccc(N2C(=O)C(=O)/C(=C(/O)c3ccccc3)[C@@H]2c2ccc([N+](=O)[O-])cc2)cc1. The Morgan fingerprint density at radius 3 is 2.16 bits per heavy atom. The van der Waals surface area contributed by atoms with Gasteiger partial charge in [-0.1, -0.05) is 30.3 Å². The third kappa shape index (κ3) is 3.58. The molecule has 0 aromatic heterocycles. The lowest BCUT2D eigenvalue weighted by Crippen LogP contribution is -2.29. The van der Waals surface area contributed by atoms with E-state index in [4.69, 9.17) is 4.74 Å². The largest absolute Gasteiger partial charge is 0.507 e. The van der Waals surface area contributed by atoms with E-state index in [1.807, 2.05) is 0 Å². The molecule has 0 saturated carbocycles. The standard InChI is InChI=1S/C24H18N2O6/c1-32-19-13-11-17(12-14-19)25-21(15-7-9-18(10-8-15)26(30)31)20(23(28)24(25)29)22(27)16-5-3-2-4-6-16/h2-14,21,27H,1H3/b22-20+/t21-/m0/s1. The molecular formula is C24H18N2O6. The van der Waals surface area contributed by atoms with Crippen molar-refractivity contribution < 1.29 is 24.4 Å². The Balaban J connectivity index is 1.91. The molecule has 1 heterocycles. The number of anilines is 1. The number of aliphatic hydroxyl groups is 1. The highest BCUT2D eigenvalue weighted by Crippen LogP contribution is 2.42. The molecule has 1 amide bonds. The second kappa shape index (κ2) is 8.35. The molecule has 0 unspecified atom stereocenters. The summed E-state index contributed by atoms with van der Waals surface area (Å²) in [5.41, 5.74) is 1.03. The van der Waals surface area contributed by atoms with Crippen molar-refractivity contribution in [3.63, 3.8) is 0 Å². The van der Waals surface area contributed by atoms with Crippen LogP contribution in [-0.4, -0.2) is 28.8 Å². The van der Waals surface area contributed by atoms with Crippen molar-refractivity contribution in [2.24, 2.45) is 0 Å². The van der Waals surface area contributed by atoms with Crippen molar-refractivity contribution in [2.45, 2.75) is 6.04 Å². The number of amides is 1. The van der Waals surface area contributed by atoms with Crippen molar-refractivity contribution in [2.75, 3.05) is 12.0 Å². The van der Waals surface area contributed by atoms with Gasteiger partial charge >= 0.3 is 0 Å². The fraction of sp³-hybridized carbons (Fsp3) is 0.0833. The van der Waals surface area contributed by atoms with Gasteiger partial charge in [-0.15, -0.1) is 0 Å². The van der Waals surface area contributed by atoms with E-state index in [1.165, 1.54) is 36.3 Å². The number of aliphatic hydroxyl groups excluding tert-OH is 1. The molecule has 1 fully saturated rings. The first-order valence-electron chi connectivity index (χ1n) is 9.67. The molecule has 0 spiro atoms. The molecule has 32 heavy (non-hydrogen) atoms. The highest BCUT2D eigenvalue weighted by atomic mass is 16.6. The predicted octanol–water partition coefficient (Wildman–Crippen LogP) is 4.23. The molecule has 1 atom stereocenters. The monoisotopic (exact) mass is 430 g/mol. The van der Waals surface area contributed by atoms with Gasteiger partial charge in [0.2, 0.25) is 0 Å². The molecular weight excluding hydrogens is 412 g/mol. The summed E-state index contributed by atoms with van der Waals surface area (Å²) >= 11 is 0. The smallest absolute Gasteiger partial charge is 0.300 e. The van der Waals surface area contributed by atoms with Gasteiger partial charge in [0.05, 0.1) is 23.6 Å². The molecule has 1 N–H and O–H groups in total. The summed E-state index contributed by atoms with van der Waals surface area (Å²) in [5.74, 6) is -1.40. The minimum Gasteiger partial charge on any atom is -0.507 e. The maximum atomic E-state index is 13.1. The summed E-state index contributed by atoms with van der Waals surface area (Å²) in [4.78, 5) is 37.9. The highest BCUT2D eigenvalue weighted by Gasteiger charge is 2.47. The van der Waals surface area contributed by atoms with Crippen LogP contribution >= 0.6 is 0 Å². The van der Waals surface area contributed by atoms with Crippen molar-refractivity contribution in [1.82, 2.24) is 0 Å². The Morgan fingerprint density at radius 1 is 0.969 bits per heavy atom. The topological polar surface area (TPSA) is 110 Å². The number of Topliss-reactive ketones (excluding diaryl/α,β-unsaturated/α-hetero) is 1. The Morgan fingerprint density at radius 2 is 1.59 bits per heavy atom. The second-order valence-corrected chi connectivity index (χ2v) is 7.08. The number of ether oxygens (including phenoxy) is 1.